The summed E-state index contributed by atoms with van der Waals surface area (Å²) >= 11 is 0. The second-order valence-electron chi connectivity index (χ2n) is 6.07. The number of hydrogen-bond acceptors (Lipinski definition) is 5. The number of nitrogens with zero attached hydrogens (tertiary/aromatic N) is 2. The maximum Gasteiger partial charge on any atom is 0.412 e. The fourth-order valence-corrected chi connectivity index (χ4v) is 2.86. The lowest BCUT2D eigenvalue weighted by atomic mass is 9.96. The summed E-state index contributed by atoms with van der Waals surface area (Å²) in [6, 6.07) is 9.35. The monoisotopic (exact) mass is 326 g/mol. The first-order valence-corrected chi connectivity index (χ1v) is 8.33. The largest absolute Gasteiger partial charge is 0.412 e. The van der Waals surface area contributed by atoms with Crippen molar-refractivity contribution in [1.82, 2.24) is 15.3 Å². The highest BCUT2D eigenvalue weighted by Crippen LogP contribution is 2.21. The Kier molecular flexibility index (Phi) is 5.25. The Hall–Kier alpha value is -2.63. The number of carbonyl (C=O) groups excluding carboxylic acids is 1. The molecule has 6 nitrogen and oxygen atoms in total. The summed E-state index contributed by atoms with van der Waals surface area (Å²) < 4.78 is 5.40. The van der Waals surface area contributed by atoms with Crippen LogP contribution in [0.1, 0.15) is 37.8 Å². The molecule has 1 aliphatic carbocycles. The van der Waals surface area contributed by atoms with Crippen molar-refractivity contribution in [3.63, 3.8) is 0 Å². The van der Waals surface area contributed by atoms with Crippen molar-refractivity contribution in [2.45, 2.75) is 45.1 Å². The van der Waals surface area contributed by atoms with E-state index in [0.717, 1.165) is 24.2 Å². The third-order valence-electron chi connectivity index (χ3n) is 4.05. The van der Waals surface area contributed by atoms with Gasteiger partial charge in [0, 0.05) is 29.6 Å². The maximum absolute atomic E-state index is 12.0. The summed E-state index contributed by atoms with van der Waals surface area (Å²) in [4.78, 5) is 20.2. The topological polar surface area (TPSA) is 76.1 Å². The summed E-state index contributed by atoms with van der Waals surface area (Å²) in [7, 11) is 0. The summed E-state index contributed by atoms with van der Waals surface area (Å²) in [5.74, 6) is 1.20. The van der Waals surface area contributed by atoms with E-state index >= 15 is 0 Å². The van der Waals surface area contributed by atoms with Crippen molar-refractivity contribution in [2.24, 2.45) is 0 Å². The van der Waals surface area contributed by atoms with Crippen LogP contribution in [0.25, 0.3) is 0 Å². The molecule has 2 N–H and O–H groups in total. The molecule has 3 rings (SSSR count). The second kappa shape index (κ2) is 7.77. The van der Waals surface area contributed by atoms with Gasteiger partial charge in [0.05, 0.1) is 0 Å². The van der Waals surface area contributed by atoms with E-state index in [1.54, 1.807) is 12.1 Å². The van der Waals surface area contributed by atoms with Crippen LogP contribution < -0.4 is 15.4 Å². The van der Waals surface area contributed by atoms with E-state index in [1.165, 1.54) is 25.6 Å². The summed E-state index contributed by atoms with van der Waals surface area (Å²) in [5.41, 5.74) is 1.68. The van der Waals surface area contributed by atoms with Gasteiger partial charge in [-0.15, -0.1) is 0 Å². The molecule has 24 heavy (non-hydrogen) atoms. The van der Waals surface area contributed by atoms with Gasteiger partial charge in [-0.3, -0.25) is 0 Å². The molecule has 0 spiro atoms. The minimum absolute atomic E-state index is 0.233. The van der Waals surface area contributed by atoms with Gasteiger partial charge in [0.25, 0.3) is 0 Å². The molecule has 0 radical (unpaired) electrons. The standard InChI is InChI=1S/C18H22N4O2/c1-13-10-17(20-12-19-13)21-15-8-5-9-16(11-15)24-18(23)22-14-6-3-2-4-7-14/h5,8-12,14H,2-4,6-7H2,1H3,(H,22,23)(H,19,20,21). The highest BCUT2D eigenvalue weighted by Gasteiger charge is 2.16. The van der Waals surface area contributed by atoms with Crippen molar-refractivity contribution < 1.29 is 9.53 Å². The predicted molar refractivity (Wildman–Crippen MR) is 92.5 cm³/mol. The first-order valence-electron chi connectivity index (χ1n) is 8.33. The third-order valence-corrected chi connectivity index (χ3v) is 4.05. The number of hydrogen-bond donors (Lipinski definition) is 2. The van der Waals surface area contributed by atoms with Crippen molar-refractivity contribution in [2.75, 3.05) is 5.32 Å². The molecule has 6 heteroatoms. The van der Waals surface area contributed by atoms with Gasteiger partial charge in [-0.05, 0) is 31.9 Å². The highest BCUT2D eigenvalue weighted by molar-refractivity contribution is 5.71. The molecule has 1 aromatic carbocycles. The number of aromatic nitrogens is 2. The Labute approximate surface area is 141 Å². The Bertz CT molecular complexity index is 699. The van der Waals surface area contributed by atoms with Crippen LogP contribution in [0.4, 0.5) is 16.3 Å². The van der Waals surface area contributed by atoms with Crippen LogP contribution >= 0.6 is 0 Å². The number of anilines is 2. The van der Waals surface area contributed by atoms with Crippen molar-refractivity contribution in [1.29, 1.82) is 0 Å². The fraction of sp³-hybridized carbons (Fsp3) is 0.389. The van der Waals surface area contributed by atoms with Crippen LogP contribution in [0.15, 0.2) is 36.7 Å². The third kappa shape index (κ3) is 4.68. The van der Waals surface area contributed by atoms with E-state index in [4.69, 9.17) is 4.74 Å². The maximum atomic E-state index is 12.0. The number of nitrogens with one attached hydrogen (secondary N) is 2. The first kappa shape index (κ1) is 16.2. The van der Waals surface area contributed by atoms with Crippen molar-refractivity contribution in [3.05, 3.63) is 42.4 Å². The molecule has 2 aromatic rings. The normalized spacial score (nSPS) is 14.9. The summed E-state index contributed by atoms with van der Waals surface area (Å²) in [6.45, 7) is 1.90. The molecular formula is C18H22N4O2. The lowest BCUT2D eigenvalue weighted by Crippen LogP contribution is -2.37. The molecule has 1 aromatic heterocycles. The molecule has 0 bridgehead atoms. The van der Waals surface area contributed by atoms with Gasteiger partial charge in [-0.25, -0.2) is 14.8 Å². The summed E-state index contributed by atoms with van der Waals surface area (Å²) in [5, 5.41) is 6.12. The molecule has 126 valence electrons. The van der Waals surface area contributed by atoms with E-state index in [2.05, 4.69) is 20.6 Å². The molecule has 0 aliphatic heterocycles. The lowest BCUT2D eigenvalue weighted by Gasteiger charge is -2.22. The number of rotatable bonds is 4. The van der Waals surface area contributed by atoms with Crippen molar-refractivity contribution >= 4 is 17.6 Å². The molecule has 1 fully saturated rings. The number of ether oxygens (including phenoxy) is 1. The van der Waals surface area contributed by atoms with Gasteiger partial charge in [0.15, 0.2) is 0 Å². The molecule has 0 unspecified atom stereocenters. The van der Waals surface area contributed by atoms with E-state index < -0.39 is 6.09 Å². The highest BCUT2D eigenvalue weighted by atomic mass is 16.6. The lowest BCUT2D eigenvalue weighted by molar-refractivity contribution is 0.192. The van der Waals surface area contributed by atoms with Crippen LogP contribution in [0.2, 0.25) is 0 Å². The minimum Gasteiger partial charge on any atom is -0.410 e. The molecule has 0 atom stereocenters. The minimum atomic E-state index is -0.392. The smallest absolute Gasteiger partial charge is 0.410 e. The molecule has 1 saturated carbocycles. The molecule has 1 amide bonds. The van der Waals surface area contributed by atoms with Crippen LogP contribution in [0, 0.1) is 6.92 Å². The van der Waals surface area contributed by atoms with Gasteiger partial charge in [-0.1, -0.05) is 25.3 Å². The van der Waals surface area contributed by atoms with Crippen LogP contribution in [-0.2, 0) is 0 Å². The van der Waals surface area contributed by atoms with Crippen molar-refractivity contribution in [3.8, 4) is 5.75 Å². The van der Waals surface area contributed by atoms with Gasteiger partial charge in [0.1, 0.15) is 17.9 Å². The van der Waals surface area contributed by atoms with Gasteiger partial charge < -0.3 is 15.4 Å². The molecule has 1 aliphatic rings. The van der Waals surface area contributed by atoms with E-state index in [-0.39, 0.29) is 6.04 Å². The Morgan fingerprint density at radius 3 is 2.79 bits per heavy atom. The Morgan fingerprint density at radius 1 is 1.17 bits per heavy atom. The van der Waals surface area contributed by atoms with Crippen LogP contribution in [0.3, 0.4) is 0 Å². The molecule has 1 heterocycles. The fourth-order valence-electron chi connectivity index (χ4n) is 2.86. The quantitative estimate of drug-likeness (QED) is 0.889. The van der Waals surface area contributed by atoms with Gasteiger partial charge in [0.2, 0.25) is 0 Å². The SMILES string of the molecule is Cc1cc(Nc2cccc(OC(=O)NC3CCCCC3)c2)ncn1. The van der Waals surface area contributed by atoms with Crippen LogP contribution in [0.5, 0.6) is 5.75 Å². The second-order valence-corrected chi connectivity index (χ2v) is 6.07. The van der Waals surface area contributed by atoms with E-state index in [9.17, 15) is 4.79 Å². The zero-order valence-corrected chi connectivity index (χ0v) is 13.8. The Balaban J connectivity index is 1.59. The van der Waals surface area contributed by atoms with Gasteiger partial charge in [-0.2, -0.15) is 0 Å². The van der Waals surface area contributed by atoms with E-state index in [0.29, 0.717) is 11.6 Å². The van der Waals surface area contributed by atoms with Crippen LogP contribution in [-0.4, -0.2) is 22.1 Å². The average Bonchev–Trinajstić information content (AvgIpc) is 2.56. The molecular weight excluding hydrogens is 304 g/mol. The number of amides is 1. The zero-order valence-electron chi connectivity index (χ0n) is 13.8. The van der Waals surface area contributed by atoms with E-state index in [1.807, 2.05) is 25.1 Å². The Morgan fingerprint density at radius 2 is 2.00 bits per heavy atom. The first-order chi connectivity index (χ1) is 11.7. The zero-order chi connectivity index (χ0) is 16.8. The number of carbonyl (C=O) groups is 1. The average molecular weight is 326 g/mol. The summed E-state index contributed by atoms with van der Waals surface area (Å²) in [6.07, 6.45) is 6.77. The van der Waals surface area contributed by atoms with Gasteiger partial charge >= 0.3 is 6.09 Å². The number of aryl methyl sites for hydroxylation is 1. The number of benzene rings is 1. The molecule has 0 saturated heterocycles. The predicted octanol–water partition coefficient (Wildman–Crippen LogP) is 3.95.